The highest BCUT2D eigenvalue weighted by molar-refractivity contribution is 5.48. The Balaban J connectivity index is 1.86. The summed E-state index contributed by atoms with van der Waals surface area (Å²) in [5.41, 5.74) is 2.63. The average Bonchev–Trinajstić information content (AvgIpc) is 2.92. The Bertz CT molecular complexity index is 369. The standard InChI is InChI=1S/C16H26N2O/c1-13(2)10-17-11-14-4-6-15(7-5-14)18(3)16-8-9-19-12-16/h4-7,13,16-17H,8-12H2,1-3H3. The van der Waals surface area contributed by atoms with Crippen LogP contribution in [0.15, 0.2) is 24.3 Å². The largest absolute Gasteiger partial charge is 0.379 e. The van der Waals surface area contributed by atoms with Gasteiger partial charge in [0.2, 0.25) is 0 Å². The fourth-order valence-corrected chi connectivity index (χ4v) is 2.39. The van der Waals surface area contributed by atoms with Crippen LogP contribution in [0.3, 0.4) is 0 Å². The molecule has 2 rings (SSSR count). The van der Waals surface area contributed by atoms with E-state index in [1.165, 1.54) is 11.3 Å². The molecule has 1 aliphatic rings. The van der Waals surface area contributed by atoms with E-state index < -0.39 is 0 Å². The molecule has 0 saturated carbocycles. The van der Waals surface area contributed by atoms with Crippen molar-refractivity contribution in [1.82, 2.24) is 5.32 Å². The normalized spacial score (nSPS) is 19.1. The van der Waals surface area contributed by atoms with E-state index in [2.05, 4.69) is 55.4 Å². The fraction of sp³-hybridized carbons (Fsp3) is 0.625. The molecule has 1 heterocycles. The molecule has 0 amide bonds. The van der Waals surface area contributed by atoms with Gasteiger partial charge in [0, 0.05) is 25.9 Å². The smallest absolute Gasteiger partial charge is 0.0670 e. The molecule has 3 nitrogen and oxygen atoms in total. The lowest BCUT2D eigenvalue weighted by Gasteiger charge is -2.25. The maximum Gasteiger partial charge on any atom is 0.0670 e. The van der Waals surface area contributed by atoms with E-state index in [1.807, 2.05) is 0 Å². The Morgan fingerprint density at radius 2 is 2.05 bits per heavy atom. The Morgan fingerprint density at radius 1 is 1.32 bits per heavy atom. The summed E-state index contributed by atoms with van der Waals surface area (Å²) in [6.07, 6.45) is 1.13. The highest BCUT2D eigenvalue weighted by Crippen LogP contribution is 2.20. The maximum absolute atomic E-state index is 5.45. The summed E-state index contributed by atoms with van der Waals surface area (Å²) < 4.78 is 5.45. The van der Waals surface area contributed by atoms with E-state index in [0.29, 0.717) is 12.0 Å². The Hall–Kier alpha value is -1.06. The van der Waals surface area contributed by atoms with Crippen LogP contribution in [0.5, 0.6) is 0 Å². The quantitative estimate of drug-likeness (QED) is 0.853. The summed E-state index contributed by atoms with van der Waals surface area (Å²) in [5, 5.41) is 3.47. The zero-order chi connectivity index (χ0) is 13.7. The zero-order valence-corrected chi connectivity index (χ0v) is 12.4. The summed E-state index contributed by atoms with van der Waals surface area (Å²) in [5.74, 6) is 0.702. The number of benzene rings is 1. The molecule has 1 aliphatic heterocycles. The van der Waals surface area contributed by atoms with Gasteiger partial charge in [0.1, 0.15) is 0 Å². The van der Waals surface area contributed by atoms with Crippen LogP contribution in [0.2, 0.25) is 0 Å². The summed E-state index contributed by atoms with van der Waals surface area (Å²) in [7, 11) is 2.16. The summed E-state index contributed by atoms with van der Waals surface area (Å²) in [6, 6.07) is 9.39. The van der Waals surface area contributed by atoms with Gasteiger partial charge in [0.15, 0.2) is 0 Å². The number of nitrogens with zero attached hydrogens (tertiary/aromatic N) is 1. The number of hydrogen-bond acceptors (Lipinski definition) is 3. The Kier molecular flexibility index (Phi) is 5.23. The van der Waals surface area contributed by atoms with Crippen molar-refractivity contribution in [3.05, 3.63) is 29.8 Å². The molecule has 19 heavy (non-hydrogen) atoms. The third-order valence-electron chi connectivity index (χ3n) is 3.68. The lowest BCUT2D eigenvalue weighted by Crippen LogP contribution is -2.31. The number of hydrogen-bond donors (Lipinski definition) is 1. The summed E-state index contributed by atoms with van der Waals surface area (Å²) >= 11 is 0. The van der Waals surface area contributed by atoms with E-state index in [4.69, 9.17) is 4.74 Å². The molecule has 0 aliphatic carbocycles. The van der Waals surface area contributed by atoms with Crippen LogP contribution < -0.4 is 10.2 Å². The van der Waals surface area contributed by atoms with Gasteiger partial charge in [-0.05, 0) is 36.6 Å². The zero-order valence-electron chi connectivity index (χ0n) is 12.4. The molecule has 1 aromatic rings. The highest BCUT2D eigenvalue weighted by atomic mass is 16.5. The molecule has 0 bridgehead atoms. The van der Waals surface area contributed by atoms with Crippen LogP contribution >= 0.6 is 0 Å². The van der Waals surface area contributed by atoms with Crippen LogP contribution in [-0.2, 0) is 11.3 Å². The minimum absolute atomic E-state index is 0.532. The molecule has 0 spiro atoms. The first-order chi connectivity index (χ1) is 9.16. The molecule has 3 heteroatoms. The van der Waals surface area contributed by atoms with Crippen molar-refractivity contribution in [3.63, 3.8) is 0 Å². The third kappa shape index (κ3) is 4.22. The van der Waals surface area contributed by atoms with Crippen molar-refractivity contribution in [1.29, 1.82) is 0 Å². The van der Waals surface area contributed by atoms with E-state index in [9.17, 15) is 0 Å². The van der Waals surface area contributed by atoms with Crippen molar-refractivity contribution in [2.45, 2.75) is 32.9 Å². The molecular formula is C16H26N2O. The number of rotatable bonds is 6. The first-order valence-corrected chi connectivity index (χ1v) is 7.27. The minimum atomic E-state index is 0.532. The van der Waals surface area contributed by atoms with Gasteiger partial charge in [-0.2, -0.15) is 0 Å². The lowest BCUT2D eigenvalue weighted by atomic mass is 10.1. The van der Waals surface area contributed by atoms with Gasteiger partial charge in [-0.15, -0.1) is 0 Å². The SMILES string of the molecule is CC(C)CNCc1ccc(N(C)C2CCOC2)cc1. The third-order valence-corrected chi connectivity index (χ3v) is 3.68. The van der Waals surface area contributed by atoms with Gasteiger partial charge < -0.3 is 15.0 Å². The minimum Gasteiger partial charge on any atom is -0.379 e. The van der Waals surface area contributed by atoms with Crippen LogP contribution in [-0.4, -0.2) is 32.8 Å². The molecule has 1 saturated heterocycles. The van der Waals surface area contributed by atoms with Crippen molar-refractivity contribution in [2.24, 2.45) is 5.92 Å². The predicted molar refractivity (Wildman–Crippen MR) is 80.6 cm³/mol. The second kappa shape index (κ2) is 6.92. The number of anilines is 1. The Morgan fingerprint density at radius 3 is 2.63 bits per heavy atom. The van der Waals surface area contributed by atoms with Crippen molar-refractivity contribution >= 4 is 5.69 Å². The fourth-order valence-electron chi connectivity index (χ4n) is 2.39. The van der Waals surface area contributed by atoms with E-state index >= 15 is 0 Å². The van der Waals surface area contributed by atoms with Crippen molar-refractivity contribution < 1.29 is 4.74 Å². The Labute approximate surface area is 116 Å². The first kappa shape index (κ1) is 14.4. The second-order valence-corrected chi connectivity index (χ2v) is 5.82. The molecular weight excluding hydrogens is 236 g/mol. The van der Waals surface area contributed by atoms with Crippen molar-refractivity contribution in [2.75, 3.05) is 31.7 Å². The van der Waals surface area contributed by atoms with Gasteiger partial charge in [0.25, 0.3) is 0 Å². The molecule has 1 atom stereocenters. The highest BCUT2D eigenvalue weighted by Gasteiger charge is 2.20. The average molecular weight is 262 g/mol. The molecule has 1 aromatic carbocycles. The molecule has 0 radical (unpaired) electrons. The molecule has 1 unspecified atom stereocenters. The monoisotopic (exact) mass is 262 g/mol. The molecule has 106 valence electrons. The van der Waals surface area contributed by atoms with E-state index in [-0.39, 0.29) is 0 Å². The molecule has 1 fully saturated rings. The maximum atomic E-state index is 5.45. The summed E-state index contributed by atoms with van der Waals surface area (Å²) in [6.45, 7) is 8.24. The van der Waals surface area contributed by atoms with Crippen LogP contribution in [0, 0.1) is 5.92 Å². The number of ether oxygens (including phenoxy) is 1. The van der Waals surface area contributed by atoms with Crippen LogP contribution in [0.25, 0.3) is 0 Å². The second-order valence-electron chi connectivity index (χ2n) is 5.82. The lowest BCUT2D eigenvalue weighted by molar-refractivity contribution is 0.193. The van der Waals surface area contributed by atoms with Gasteiger partial charge in [-0.25, -0.2) is 0 Å². The van der Waals surface area contributed by atoms with Gasteiger partial charge in [-0.1, -0.05) is 26.0 Å². The number of likely N-dealkylation sites (N-methyl/N-ethyl adjacent to an activating group) is 1. The van der Waals surface area contributed by atoms with E-state index in [1.54, 1.807) is 0 Å². The van der Waals surface area contributed by atoms with Gasteiger partial charge in [-0.3, -0.25) is 0 Å². The summed E-state index contributed by atoms with van der Waals surface area (Å²) in [4.78, 5) is 2.33. The number of nitrogens with one attached hydrogen (secondary N) is 1. The topological polar surface area (TPSA) is 24.5 Å². The van der Waals surface area contributed by atoms with E-state index in [0.717, 1.165) is 32.7 Å². The molecule has 1 N–H and O–H groups in total. The predicted octanol–water partition coefficient (Wildman–Crippen LogP) is 2.66. The van der Waals surface area contributed by atoms with Crippen LogP contribution in [0.1, 0.15) is 25.8 Å². The van der Waals surface area contributed by atoms with Crippen LogP contribution in [0.4, 0.5) is 5.69 Å². The molecule has 0 aromatic heterocycles. The first-order valence-electron chi connectivity index (χ1n) is 7.27. The van der Waals surface area contributed by atoms with Gasteiger partial charge >= 0.3 is 0 Å². The van der Waals surface area contributed by atoms with Crippen molar-refractivity contribution in [3.8, 4) is 0 Å². The van der Waals surface area contributed by atoms with Gasteiger partial charge in [0.05, 0.1) is 12.6 Å².